The number of nitrogens with zero attached hydrogens (tertiary/aromatic N) is 4. The summed E-state index contributed by atoms with van der Waals surface area (Å²) < 4.78 is 8.26. The molecule has 6 heteroatoms. The van der Waals surface area contributed by atoms with E-state index >= 15 is 0 Å². The number of benzene rings is 6. The Kier molecular flexibility index (Phi) is 7.29. The minimum absolute atomic E-state index is 0.0905. The smallest absolute Gasteiger partial charge is 0.167 e. The maximum Gasteiger partial charge on any atom is 0.167 e. The van der Waals surface area contributed by atoms with E-state index in [2.05, 4.69) is 126 Å². The fourth-order valence-corrected chi connectivity index (χ4v) is 10.5. The first-order valence-electron chi connectivity index (χ1n) is 19.5. The number of hydrogen-bond acceptors (Lipinski definition) is 6. The molecule has 2 aliphatic carbocycles. The number of thiophene rings is 1. The zero-order chi connectivity index (χ0) is 37.5. The molecule has 8 aromatic rings. The molecule has 4 unspecified atom stereocenters. The van der Waals surface area contributed by atoms with Crippen molar-refractivity contribution in [2.45, 2.75) is 24.0 Å². The molecule has 0 N–H and O–H groups in total. The van der Waals surface area contributed by atoms with Crippen LogP contribution in [0.15, 0.2) is 176 Å². The third-order valence-corrected chi connectivity index (χ3v) is 13.1. The van der Waals surface area contributed by atoms with Gasteiger partial charge in [-0.15, -0.1) is 11.3 Å². The van der Waals surface area contributed by atoms with Gasteiger partial charge in [0.15, 0.2) is 17.5 Å². The summed E-state index contributed by atoms with van der Waals surface area (Å²) in [7, 11) is 0. The number of ether oxygens (including phenoxy) is 1. The SMILES string of the molecule is C1=CC2c3cccc(-c4nc(-c5ccccc5)nc(-c5ccccc5)n4)c3OC2C=C1c1ccc2c(c1)C1C=Cc3c(sc4ccccc34)C1N2c1ccccc1. The highest BCUT2D eigenvalue weighted by atomic mass is 32.1. The molecular formula is C51H34N4OS. The van der Waals surface area contributed by atoms with Crippen molar-refractivity contribution in [2.75, 3.05) is 4.90 Å². The molecular weight excluding hydrogens is 717 g/mol. The van der Waals surface area contributed by atoms with Crippen molar-refractivity contribution in [3.8, 4) is 39.9 Å². The Morgan fingerprint density at radius 2 is 1.25 bits per heavy atom. The molecule has 2 aliphatic heterocycles. The fraction of sp³-hybridized carbons (Fsp3) is 0.0784. The molecule has 270 valence electrons. The molecule has 4 heterocycles. The molecule has 0 amide bonds. The van der Waals surface area contributed by atoms with Crippen LogP contribution in [0.2, 0.25) is 0 Å². The third-order valence-electron chi connectivity index (χ3n) is 11.8. The van der Waals surface area contributed by atoms with Gasteiger partial charge in [0.1, 0.15) is 11.9 Å². The van der Waals surface area contributed by atoms with Gasteiger partial charge < -0.3 is 9.64 Å². The van der Waals surface area contributed by atoms with Crippen LogP contribution in [0, 0.1) is 0 Å². The lowest BCUT2D eigenvalue weighted by Gasteiger charge is -2.31. The van der Waals surface area contributed by atoms with Crippen LogP contribution in [0.4, 0.5) is 11.4 Å². The predicted molar refractivity (Wildman–Crippen MR) is 232 cm³/mol. The average molecular weight is 751 g/mol. The molecule has 5 nitrogen and oxygen atoms in total. The second-order valence-electron chi connectivity index (χ2n) is 15.0. The molecule has 0 fully saturated rings. The van der Waals surface area contributed by atoms with Crippen LogP contribution >= 0.6 is 11.3 Å². The Labute approximate surface area is 334 Å². The molecule has 0 saturated carbocycles. The number of fused-ring (bicyclic) bond motifs is 10. The van der Waals surface area contributed by atoms with Gasteiger partial charge in [0, 0.05) is 54.9 Å². The standard InChI is InChI=1S/C51H34N4OS/c1-4-13-31(14-5-1)49-52-50(32-15-6-2-7-16-32)54-51(53-49)41-21-12-20-39-36-25-23-34(30-44(36)56-47(39)41)33-24-28-43-42(29-33)38-26-27-40-37-19-10-11-22-45(37)57-48(40)46(38)55(43)35-17-8-3-9-18-35/h1-30,36,38,44,46H. The highest BCUT2D eigenvalue weighted by Gasteiger charge is 2.43. The number of anilines is 2. The monoisotopic (exact) mass is 750 g/mol. The van der Waals surface area contributed by atoms with Crippen LogP contribution in [0.5, 0.6) is 5.75 Å². The van der Waals surface area contributed by atoms with Gasteiger partial charge in [0.05, 0.1) is 11.6 Å². The molecule has 2 aromatic heterocycles. The summed E-state index contributed by atoms with van der Waals surface area (Å²) in [6.45, 7) is 0. The van der Waals surface area contributed by atoms with Gasteiger partial charge in [-0.1, -0.05) is 140 Å². The second-order valence-corrected chi connectivity index (χ2v) is 16.1. The van der Waals surface area contributed by atoms with Crippen LogP contribution in [-0.2, 0) is 0 Å². The van der Waals surface area contributed by atoms with Gasteiger partial charge in [-0.2, -0.15) is 0 Å². The first-order valence-corrected chi connectivity index (χ1v) is 20.3. The lowest BCUT2D eigenvalue weighted by Crippen LogP contribution is -2.22. The maximum atomic E-state index is 6.91. The average Bonchev–Trinajstić information content (AvgIpc) is 3.96. The van der Waals surface area contributed by atoms with Crippen LogP contribution in [0.3, 0.4) is 0 Å². The molecule has 4 aliphatic rings. The molecule has 0 saturated heterocycles. The largest absolute Gasteiger partial charge is 0.484 e. The van der Waals surface area contributed by atoms with Gasteiger partial charge >= 0.3 is 0 Å². The Balaban J connectivity index is 0.912. The highest BCUT2D eigenvalue weighted by molar-refractivity contribution is 7.19. The van der Waals surface area contributed by atoms with E-state index in [0.29, 0.717) is 17.5 Å². The predicted octanol–water partition coefficient (Wildman–Crippen LogP) is 12.6. The Morgan fingerprint density at radius 1 is 0.561 bits per heavy atom. The van der Waals surface area contributed by atoms with E-state index in [9.17, 15) is 0 Å². The Hall–Kier alpha value is -6.89. The molecule has 6 aromatic carbocycles. The fourth-order valence-electron chi connectivity index (χ4n) is 9.18. The topological polar surface area (TPSA) is 51.1 Å². The molecule has 0 radical (unpaired) electrons. The van der Waals surface area contributed by atoms with Crippen molar-refractivity contribution in [1.29, 1.82) is 0 Å². The first kappa shape index (κ1) is 32.4. The highest BCUT2D eigenvalue weighted by Crippen LogP contribution is 2.59. The first-order chi connectivity index (χ1) is 28.2. The molecule has 0 bridgehead atoms. The number of aromatic nitrogens is 3. The van der Waals surface area contributed by atoms with E-state index < -0.39 is 0 Å². The normalized spacial score (nSPS) is 19.6. The zero-order valence-corrected chi connectivity index (χ0v) is 31.6. The van der Waals surface area contributed by atoms with Crippen molar-refractivity contribution in [3.63, 3.8) is 0 Å². The number of hydrogen-bond donors (Lipinski definition) is 0. The Bertz CT molecular complexity index is 2910. The van der Waals surface area contributed by atoms with Gasteiger partial charge in [0.25, 0.3) is 0 Å². The molecule has 12 rings (SSSR count). The van der Waals surface area contributed by atoms with E-state index in [-0.39, 0.29) is 24.0 Å². The van der Waals surface area contributed by atoms with Crippen molar-refractivity contribution in [2.24, 2.45) is 0 Å². The van der Waals surface area contributed by atoms with Crippen molar-refractivity contribution >= 4 is 44.4 Å². The van der Waals surface area contributed by atoms with Crippen LogP contribution in [0.25, 0.3) is 55.9 Å². The molecule has 4 atom stereocenters. The lowest BCUT2D eigenvalue weighted by molar-refractivity contribution is 0.270. The summed E-state index contributed by atoms with van der Waals surface area (Å²) in [5.74, 6) is 3.03. The summed E-state index contributed by atoms with van der Waals surface area (Å²) in [4.78, 5) is 19.0. The van der Waals surface area contributed by atoms with Crippen molar-refractivity contribution in [1.82, 2.24) is 15.0 Å². The number of rotatable bonds is 5. The Morgan fingerprint density at radius 3 is 2.02 bits per heavy atom. The van der Waals surface area contributed by atoms with E-state index in [1.165, 1.54) is 48.6 Å². The minimum atomic E-state index is -0.150. The summed E-state index contributed by atoms with van der Waals surface area (Å²) in [5.41, 5.74) is 11.5. The van der Waals surface area contributed by atoms with Gasteiger partial charge in [-0.05, 0) is 64.7 Å². The van der Waals surface area contributed by atoms with Crippen LogP contribution < -0.4 is 9.64 Å². The van der Waals surface area contributed by atoms with E-state index in [0.717, 1.165) is 28.0 Å². The summed E-state index contributed by atoms with van der Waals surface area (Å²) >= 11 is 1.94. The number of allylic oxidation sites excluding steroid dienone is 2. The van der Waals surface area contributed by atoms with E-state index in [1.54, 1.807) is 0 Å². The van der Waals surface area contributed by atoms with E-state index in [4.69, 9.17) is 19.7 Å². The lowest BCUT2D eigenvalue weighted by atomic mass is 9.84. The minimum Gasteiger partial charge on any atom is -0.484 e. The van der Waals surface area contributed by atoms with Gasteiger partial charge in [-0.25, -0.2) is 15.0 Å². The van der Waals surface area contributed by atoms with Gasteiger partial charge in [0.2, 0.25) is 0 Å². The van der Waals surface area contributed by atoms with Gasteiger partial charge in [-0.3, -0.25) is 0 Å². The third kappa shape index (κ3) is 5.18. The summed E-state index contributed by atoms with van der Waals surface area (Å²) in [6.07, 6.45) is 11.5. The summed E-state index contributed by atoms with van der Waals surface area (Å²) in [6, 6.07) is 53.5. The molecule has 57 heavy (non-hydrogen) atoms. The zero-order valence-electron chi connectivity index (χ0n) is 30.7. The maximum absolute atomic E-state index is 6.91. The quantitative estimate of drug-likeness (QED) is 0.175. The van der Waals surface area contributed by atoms with Crippen LogP contribution in [0.1, 0.15) is 45.0 Å². The van der Waals surface area contributed by atoms with E-state index in [1.807, 2.05) is 72.0 Å². The van der Waals surface area contributed by atoms with Crippen molar-refractivity contribution < 1.29 is 4.74 Å². The summed E-state index contributed by atoms with van der Waals surface area (Å²) in [5, 5.41) is 1.34. The second kappa shape index (κ2) is 12.8. The number of para-hydroxylation sites is 2. The van der Waals surface area contributed by atoms with Crippen molar-refractivity contribution in [3.05, 3.63) is 203 Å². The molecule has 0 spiro atoms. The van der Waals surface area contributed by atoms with Crippen LogP contribution in [-0.4, -0.2) is 21.1 Å².